The molecule has 108 valence electrons. The summed E-state index contributed by atoms with van der Waals surface area (Å²) < 4.78 is 5.28. The average Bonchev–Trinajstić information content (AvgIpc) is 2.89. The Kier molecular flexibility index (Phi) is 4.13. The van der Waals surface area contributed by atoms with E-state index in [0.29, 0.717) is 13.0 Å². The Morgan fingerprint density at radius 1 is 1.42 bits per heavy atom. The highest BCUT2D eigenvalue weighted by Crippen LogP contribution is 2.38. The van der Waals surface area contributed by atoms with Crippen LogP contribution in [0.5, 0.6) is 0 Å². The molecule has 2 aliphatic rings. The van der Waals surface area contributed by atoms with Gasteiger partial charge in [-0.05, 0) is 26.2 Å². The molecule has 5 heteroatoms. The van der Waals surface area contributed by atoms with Crippen molar-refractivity contribution in [2.24, 2.45) is 0 Å². The van der Waals surface area contributed by atoms with Gasteiger partial charge in [-0.15, -0.1) is 0 Å². The van der Waals surface area contributed by atoms with Gasteiger partial charge in [0.2, 0.25) is 11.8 Å². The summed E-state index contributed by atoms with van der Waals surface area (Å²) in [6.45, 7) is 4.36. The SMILES string of the molecule is CCC1NC(=O)C2(CCCC2)N(CC(C)OC)C1=O. The fourth-order valence-electron chi connectivity index (χ4n) is 3.21. The first kappa shape index (κ1) is 14.3. The standard InChI is InChI=1S/C14H24N2O3/c1-4-11-12(17)16(9-10(2)19-3)14(13(18)15-11)7-5-6-8-14/h10-11H,4-9H2,1-3H3,(H,15,18). The molecule has 0 aromatic heterocycles. The molecule has 2 rings (SSSR count). The lowest BCUT2D eigenvalue weighted by Gasteiger charge is -2.47. The van der Waals surface area contributed by atoms with Crippen molar-refractivity contribution in [3.63, 3.8) is 0 Å². The summed E-state index contributed by atoms with van der Waals surface area (Å²) in [6.07, 6.45) is 4.16. The average molecular weight is 268 g/mol. The fourth-order valence-corrected chi connectivity index (χ4v) is 3.21. The van der Waals surface area contributed by atoms with Crippen LogP contribution in [0.15, 0.2) is 0 Å². The van der Waals surface area contributed by atoms with Gasteiger partial charge in [0, 0.05) is 13.7 Å². The van der Waals surface area contributed by atoms with Crippen molar-refractivity contribution in [3.05, 3.63) is 0 Å². The Balaban J connectivity index is 2.28. The van der Waals surface area contributed by atoms with Gasteiger partial charge in [0.05, 0.1) is 6.10 Å². The van der Waals surface area contributed by atoms with Gasteiger partial charge >= 0.3 is 0 Å². The number of hydrogen-bond acceptors (Lipinski definition) is 3. The van der Waals surface area contributed by atoms with Crippen molar-refractivity contribution in [3.8, 4) is 0 Å². The van der Waals surface area contributed by atoms with Crippen molar-refractivity contribution < 1.29 is 14.3 Å². The zero-order valence-electron chi connectivity index (χ0n) is 12.1. The zero-order valence-corrected chi connectivity index (χ0v) is 12.1. The van der Waals surface area contributed by atoms with E-state index in [4.69, 9.17) is 4.74 Å². The lowest BCUT2D eigenvalue weighted by Crippen LogP contribution is -2.70. The third kappa shape index (κ3) is 2.36. The van der Waals surface area contributed by atoms with Crippen molar-refractivity contribution in [2.75, 3.05) is 13.7 Å². The molecule has 2 atom stereocenters. The Hall–Kier alpha value is -1.10. The molecule has 1 heterocycles. The van der Waals surface area contributed by atoms with Gasteiger partial charge in [0.1, 0.15) is 11.6 Å². The second-order valence-corrected chi connectivity index (χ2v) is 5.67. The zero-order chi connectivity index (χ0) is 14.0. The second kappa shape index (κ2) is 5.49. The molecule has 1 saturated carbocycles. The molecule has 2 unspecified atom stereocenters. The molecule has 2 fully saturated rings. The number of carbonyl (C=O) groups is 2. The van der Waals surface area contributed by atoms with Crippen LogP contribution in [-0.4, -0.2) is 48.1 Å². The van der Waals surface area contributed by atoms with E-state index in [1.54, 1.807) is 12.0 Å². The normalized spacial score (nSPS) is 27.7. The highest BCUT2D eigenvalue weighted by molar-refractivity contribution is 6.00. The van der Waals surface area contributed by atoms with Crippen LogP contribution >= 0.6 is 0 Å². The van der Waals surface area contributed by atoms with Crippen LogP contribution < -0.4 is 5.32 Å². The number of hydrogen-bond donors (Lipinski definition) is 1. The molecule has 19 heavy (non-hydrogen) atoms. The Labute approximate surface area is 114 Å². The molecule has 1 spiro atoms. The van der Waals surface area contributed by atoms with Crippen LogP contribution in [0.2, 0.25) is 0 Å². The van der Waals surface area contributed by atoms with Crippen molar-refractivity contribution in [1.29, 1.82) is 0 Å². The molecular weight excluding hydrogens is 244 g/mol. The van der Waals surface area contributed by atoms with Crippen LogP contribution in [0.25, 0.3) is 0 Å². The molecule has 2 amide bonds. The Morgan fingerprint density at radius 3 is 2.58 bits per heavy atom. The quantitative estimate of drug-likeness (QED) is 0.829. The van der Waals surface area contributed by atoms with E-state index >= 15 is 0 Å². The molecule has 1 aliphatic carbocycles. The predicted octanol–water partition coefficient (Wildman–Crippen LogP) is 1.07. The van der Waals surface area contributed by atoms with E-state index in [0.717, 1.165) is 25.7 Å². The summed E-state index contributed by atoms with van der Waals surface area (Å²) in [4.78, 5) is 26.8. The predicted molar refractivity (Wildman–Crippen MR) is 71.6 cm³/mol. The summed E-state index contributed by atoms with van der Waals surface area (Å²) in [5, 5.41) is 2.90. The first-order valence-electron chi connectivity index (χ1n) is 7.20. The van der Waals surface area contributed by atoms with Gasteiger partial charge in [-0.3, -0.25) is 9.59 Å². The lowest BCUT2D eigenvalue weighted by atomic mass is 9.88. The summed E-state index contributed by atoms with van der Waals surface area (Å²) in [5.74, 6) is 0.0765. The Morgan fingerprint density at radius 2 is 2.05 bits per heavy atom. The number of methoxy groups -OCH3 is 1. The number of carbonyl (C=O) groups excluding carboxylic acids is 2. The monoisotopic (exact) mass is 268 g/mol. The Bertz CT molecular complexity index is 364. The number of nitrogens with zero attached hydrogens (tertiary/aromatic N) is 1. The number of ether oxygens (including phenoxy) is 1. The number of amides is 2. The fraction of sp³-hybridized carbons (Fsp3) is 0.857. The van der Waals surface area contributed by atoms with Crippen LogP contribution in [0.4, 0.5) is 0 Å². The minimum Gasteiger partial charge on any atom is -0.380 e. The lowest BCUT2D eigenvalue weighted by molar-refractivity contribution is -0.159. The van der Waals surface area contributed by atoms with E-state index in [1.807, 2.05) is 13.8 Å². The summed E-state index contributed by atoms with van der Waals surface area (Å²) in [6, 6.07) is -0.372. The number of rotatable bonds is 4. The van der Waals surface area contributed by atoms with Crippen LogP contribution in [0.3, 0.4) is 0 Å². The minimum absolute atomic E-state index is 0.0275. The van der Waals surface area contributed by atoms with Crippen molar-refractivity contribution >= 4 is 11.8 Å². The van der Waals surface area contributed by atoms with E-state index in [-0.39, 0.29) is 24.0 Å². The van der Waals surface area contributed by atoms with E-state index in [2.05, 4.69) is 5.32 Å². The molecule has 0 bridgehead atoms. The first-order chi connectivity index (χ1) is 9.05. The van der Waals surface area contributed by atoms with E-state index in [9.17, 15) is 9.59 Å². The van der Waals surface area contributed by atoms with Crippen molar-refractivity contribution in [1.82, 2.24) is 10.2 Å². The highest BCUT2D eigenvalue weighted by Gasteiger charge is 2.53. The maximum atomic E-state index is 12.6. The van der Waals surface area contributed by atoms with Gasteiger partial charge in [0.15, 0.2) is 0 Å². The smallest absolute Gasteiger partial charge is 0.246 e. The van der Waals surface area contributed by atoms with Crippen LogP contribution in [0.1, 0.15) is 46.0 Å². The summed E-state index contributed by atoms with van der Waals surface area (Å²) >= 11 is 0. The van der Waals surface area contributed by atoms with Crippen molar-refractivity contribution in [2.45, 2.75) is 63.6 Å². The molecule has 1 aliphatic heterocycles. The number of piperazine rings is 1. The molecule has 0 aromatic carbocycles. The van der Waals surface area contributed by atoms with Gasteiger partial charge in [-0.25, -0.2) is 0 Å². The topological polar surface area (TPSA) is 58.6 Å². The van der Waals surface area contributed by atoms with E-state index in [1.165, 1.54) is 0 Å². The maximum Gasteiger partial charge on any atom is 0.246 e. The molecule has 5 nitrogen and oxygen atoms in total. The second-order valence-electron chi connectivity index (χ2n) is 5.67. The summed E-state index contributed by atoms with van der Waals surface area (Å²) in [5.41, 5.74) is -0.616. The maximum absolute atomic E-state index is 12.6. The molecule has 0 radical (unpaired) electrons. The van der Waals surface area contributed by atoms with E-state index < -0.39 is 5.54 Å². The van der Waals surface area contributed by atoms with Crippen LogP contribution in [-0.2, 0) is 14.3 Å². The summed E-state index contributed by atoms with van der Waals surface area (Å²) in [7, 11) is 1.64. The van der Waals surface area contributed by atoms with Gasteiger partial charge in [-0.1, -0.05) is 19.8 Å². The highest BCUT2D eigenvalue weighted by atomic mass is 16.5. The van der Waals surface area contributed by atoms with Crippen LogP contribution in [0, 0.1) is 0 Å². The molecule has 0 aromatic rings. The number of nitrogens with one attached hydrogen (secondary N) is 1. The molecule has 1 N–H and O–H groups in total. The van der Waals surface area contributed by atoms with Gasteiger partial charge in [-0.2, -0.15) is 0 Å². The third-order valence-corrected chi connectivity index (χ3v) is 4.49. The van der Waals surface area contributed by atoms with Gasteiger partial charge in [0.25, 0.3) is 0 Å². The molecule has 1 saturated heterocycles. The third-order valence-electron chi connectivity index (χ3n) is 4.49. The minimum atomic E-state index is -0.616. The first-order valence-corrected chi connectivity index (χ1v) is 7.20. The van der Waals surface area contributed by atoms with Gasteiger partial charge < -0.3 is 15.0 Å². The largest absolute Gasteiger partial charge is 0.380 e. The molecular formula is C14H24N2O3.